The van der Waals surface area contributed by atoms with E-state index >= 15 is 0 Å². The molecule has 0 spiro atoms. The Morgan fingerprint density at radius 3 is 1.13 bits per heavy atom. The predicted octanol–water partition coefficient (Wildman–Crippen LogP) is 7.73. The maximum atomic E-state index is 2.36. The molecular formula is C28H50N2. The van der Waals surface area contributed by atoms with Gasteiger partial charge in [-0.3, -0.25) is 0 Å². The summed E-state index contributed by atoms with van der Waals surface area (Å²) in [6, 6.07) is 17.2. The molecule has 0 saturated carbocycles. The van der Waals surface area contributed by atoms with Gasteiger partial charge in [-0.25, -0.2) is 0 Å². The summed E-state index contributed by atoms with van der Waals surface area (Å²) in [6.45, 7) is 21.3. The Hall–Kier alpha value is -1.64. The summed E-state index contributed by atoms with van der Waals surface area (Å²) in [5.74, 6) is 0. The predicted molar refractivity (Wildman–Crippen MR) is 138 cm³/mol. The molecule has 0 radical (unpaired) electrons. The van der Waals surface area contributed by atoms with Crippen molar-refractivity contribution in [2.45, 2.75) is 81.3 Å². The molecule has 30 heavy (non-hydrogen) atoms. The Balaban J connectivity index is 0. The van der Waals surface area contributed by atoms with Crippen LogP contribution in [-0.4, -0.2) is 37.0 Å². The van der Waals surface area contributed by atoms with Crippen molar-refractivity contribution < 1.29 is 0 Å². The van der Waals surface area contributed by atoms with Crippen LogP contribution in [0.1, 0.15) is 76.6 Å². The molecule has 0 unspecified atom stereocenters. The number of aryl methyl sites for hydroxylation is 2. The third-order valence-electron chi connectivity index (χ3n) is 4.61. The van der Waals surface area contributed by atoms with Gasteiger partial charge in [-0.05, 0) is 76.1 Å². The zero-order valence-electron chi connectivity index (χ0n) is 21.8. The van der Waals surface area contributed by atoms with Crippen molar-refractivity contribution in [3.63, 3.8) is 0 Å². The topological polar surface area (TPSA) is 6.48 Å². The summed E-state index contributed by atoms with van der Waals surface area (Å²) in [5, 5.41) is 0. The first kappa shape index (κ1) is 30.6. The Labute approximate surface area is 189 Å². The van der Waals surface area contributed by atoms with Crippen LogP contribution in [0.15, 0.2) is 48.5 Å². The van der Waals surface area contributed by atoms with Crippen LogP contribution < -0.4 is 0 Å². The van der Waals surface area contributed by atoms with E-state index < -0.39 is 0 Å². The van der Waals surface area contributed by atoms with E-state index in [0.29, 0.717) is 0 Å². The molecule has 172 valence electrons. The van der Waals surface area contributed by atoms with E-state index in [9.17, 15) is 0 Å². The van der Waals surface area contributed by atoms with Crippen molar-refractivity contribution in [3.05, 3.63) is 70.8 Å². The van der Waals surface area contributed by atoms with Gasteiger partial charge in [0, 0.05) is 13.1 Å². The van der Waals surface area contributed by atoms with Crippen molar-refractivity contribution in [1.82, 2.24) is 9.80 Å². The van der Waals surface area contributed by atoms with Gasteiger partial charge in [-0.15, -0.1) is 0 Å². The van der Waals surface area contributed by atoms with Crippen LogP contribution >= 0.6 is 0 Å². The second-order valence-electron chi connectivity index (χ2n) is 7.33. The summed E-state index contributed by atoms with van der Waals surface area (Å²) in [4.78, 5) is 4.73. The highest BCUT2D eigenvalue weighted by atomic mass is 15.1. The molecule has 0 aliphatic carbocycles. The first-order chi connectivity index (χ1) is 14.5. The molecule has 0 heterocycles. The number of nitrogens with zero attached hydrogens (tertiary/aromatic N) is 2. The largest absolute Gasteiger partial charge is 0.302 e. The van der Waals surface area contributed by atoms with E-state index in [1.807, 2.05) is 27.7 Å². The van der Waals surface area contributed by atoms with E-state index in [-0.39, 0.29) is 0 Å². The SMILES string of the molecule is CC.CC.CCCN(C)Cc1ccccc1C.CCCN(C)Cc1ccccc1C. The second kappa shape index (κ2) is 20.6. The van der Waals surface area contributed by atoms with Gasteiger partial charge in [0.15, 0.2) is 0 Å². The lowest BCUT2D eigenvalue weighted by atomic mass is 10.1. The van der Waals surface area contributed by atoms with Crippen LogP contribution in [0.5, 0.6) is 0 Å². The van der Waals surface area contributed by atoms with E-state index in [4.69, 9.17) is 0 Å². The van der Waals surface area contributed by atoms with Crippen molar-refractivity contribution in [2.24, 2.45) is 0 Å². The van der Waals surface area contributed by atoms with Gasteiger partial charge in [0.1, 0.15) is 0 Å². The third-order valence-corrected chi connectivity index (χ3v) is 4.61. The fourth-order valence-corrected chi connectivity index (χ4v) is 3.08. The smallest absolute Gasteiger partial charge is 0.0233 e. The average molecular weight is 415 g/mol. The monoisotopic (exact) mass is 414 g/mol. The van der Waals surface area contributed by atoms with Crippen LogP contribution in [0.3, 0.4) is 0 Å². The van der Waals surface area contributed by atoms with E-state index in [0.717, 1.165) is 13.1 Å². The number of hydrogen-bond donors (Lipinski definition) is 0. The fourth-order valence-electron chi connectivity index (χ4n) is 3.08. The van der Waals surface area contributed by atoms with Gasteiger partial charge in [-0.1, -0.05) is 90.1 Å². The zero-order valence-corrected chi connectivity index (χ0v) is 21.8. The fraction of sp³-hybridized carbons (Fsp3) is 0.571. The Bertz CT molecular complexity index is 566. The lowest BCUT2D eigenvalue weighted by Gasteiger charge is -2.16. The summed E-state index contributed by atoms with van der Waals surface area (Å²) >= 11 is 0. The zero-order chi connectivity index (χ0) is 23.4. The van der Waals surface area contributed by atoms with Crippen LogP contribution in [-0.2, 0) is 13.1 Å². The normalized spacial score (nSPS) is 9.73. The maximum Gasteiger partial charge on any atom is 0.0233 e. The van der Waals surface area contributed by atoms with Gasteiger partial charge in [-0.2, -0.15) is 0 Å². The molecule has 2 nitrogen and oxygen atoms in total. The highest BCUT2D eigenvalue weighted by molar-refractivity contribution is 5.26. The first-order valence-corrected chi connectivity index (χ1v) is 11.9. The lowest BCUT2D eigenvalue weighted by Crippen LogP contribution is -2.18. The molecule has 0 aliphatic heterocycles. The summed E-state index contributed by atoms with van der Waals surface area (Å²) in [7, 11) is 4.35. The van der Waals surface area contributed by atoms with Crippen LogP contribution in [0, 0.1) is 13.8 Å². The molecule has 0 atom stereocenters. The summed E-state index contributed by atoms with van der Waals surface area (Å²) in [6.07, 6.45) is 2.45. The molecule has 0 bridgehead atoms. The Morgan fingerprint density at radius 2 is 0.867 bits per heavy atom. The van der Waals surface area contributed by atoms with E-state index in [1.165, 1.54) is 48.2 Å². The molecule has 2 heteroatoms. The molecule has 2 rings (SSSR count). The van der Waals surface area contributed by atoms with E-state index in [1.54, 1.807) is 0 Å². The standard InChI is InChI=1S/2C12H19N.2C2H6/c2*1-4-9-13(3)10-12-8-6-5-7-11(12)2;2*1-2/h2*5-8H,4,9-10H2,1-3H3;2*1-2H3. The number of benzene rings is 2. The minimum Gasteiger partial charge on any atom is -0.302 e. The average Bonchev–Trinajstić information content (AvgIpc) is 2.75. The molecule has 0 amide bonds. The summed E-state index contributed by atoms with van der Waals surface area (Å²) in [5.41, 5.74) is 5.67. The van der Waals surface area contributed by atoms with Crippen LogP contribution in [0.4, 0.5) is 0 Å². The van der Waals surface area contributed by atoms with Gasteiger partial charge < -0.3 is 9.80 Å². The molecular weight excluding hydrogens is 364 g/mol. The Kier molecular flexibility index (Phi) is 21.0. The van der Waals surface area contributed by atoms with Crippen LogP contribution in [0.2, 0.25) is 0 Å². The highest BCUT2D eigenvalue weighted by Gasteiger charge is 2.01. The van der Waals surface area contributed by atoms with Crippen molar-refractivity contribution in [3.8, 4) is 0 Å². The molecule has 0 aromatic heterocycles. The van der Waals surface area contributed by atoms with Gasteiger partial charge in [0.25, 0.3) is 0 Å². The lowest BCUT2D eigenvalue weighted by molar-refractivity contribution is 0.327. The van der Waals surface area contributed by atoms with Gasteiger partial charge >= 0.3 is 0 Å². The number of rotatable bonds is 8. The maximum absolute atomic E-state index is 2.36. The summed E-state index contributed by atoms with van der Waals surface area (Å²) < 4.78 is 0. The van der Waals surface area contributed by atoms with Gasteiger partial charge in [0.2, 0.25) is 0 Å². The minimum atomic E-state index is 1.07. The molecule has 0 aliphatic rings. The van der Waals surface area contributed by atoms with Crippen molar-refractivity contribution in [2.75, 3.05) is 27.2 Å². The first-order valence-electron chi connectivity index (χ1n) is 11.9. The van der Waals surface area contributed by atoms with Crippen LogP contribution in [0.25, 0.3) is 0 Å². The van der Waals surface area contributed by atoms with Crippen molar-refractivity contribution in [1.29, 1.82) is 0 Å². The molecule has 2 aromatic carbocycles. The number of hydrogen-bond acceptors (Lipinski definition) is 2. The molecule has 0 N–H and O–H groups in total. The molecule has 0 fully saturated rings. The molecule has 2 aromatic rings. The minimum absolute atomic E-state index is 1.07. The second-order valence-corrected chi connectivity index (χ2v) is 7.33. The highest BCUT2D eigenvalue weighted by Crippen LogP contribution is 2.10. The Morgan fingerprint density at radius 1 is 0.567 bits per heavy atom. The molecule has 0 saturated heterocycles. The third kappa shape index (κ3) is 14.4. The van der Waals surface area contributed by atoms with E-state index in [2.05, 4.69) is 100 Å². The quantitative estimate of drug-likeness (QED) is 0.436. The van der Waals surface area contributed by atoms with Crippen molar-refractivity contribution >= 4 is 0 Å². The van der Waals surface area contributed by atoms with Gasteiger partial charge in [0.05, 0.1) is 0 Å².